The molecule has 0 fully saturated rings. The summed E-state index contributed by atoms with van der Waals surface area (Å²) in [6.07, 6.45) is 3.35. The number of fused-ring (bicyclic) bond motifs is 1. The number of hydrogen-bond acceptors (Lipinski definition) is 5. The Kier molecular flexibility index (Phi) is 5.06. The molecular formula is C19H21N3O4. The number of rotatable bonds is 6. The molecule has 7 nitrogen and oxygen atoms in total. The molecular weight excluding hydrogens is 334 g/mol. The van der Waals surface area contributed by atoms with Crippen molar-refractivity contribution in [2.75, 3.05) is 5.32 Å². The van der Waals surface area contributed by atoms with Gasteiger partial charge in [0.1, 0.15) is 11.3 Å². The molecule has 0 saturated heterocycles. The van der Waals surface area contributed by atoms with E-state index < -0.39 is 11.7 Å². The van der Waals surface area contributed by atoms with Crippen molar-refractivity contribution >= 4 is 22.6 Å². The van der Waals surface area contributed by atoms with Gasteiger partial charge >= 0.3 is 5.63 Å². The van der Waals surface area contributed by atoms with Crippen LogP contribution in [0.25, 0.3) is 11.0 Å². The molecule has 136 valence electrons. The minimum atomic E-state index is -0.724. The van der Waals surface area contributed by atoms with Gasteiger partial charge in [0.05, 0.1) is 11.9 Å². The molecule has 3 aromatic rings. The standard InChI is InChI=1S/C19H21N3O4/c1-4-13-8-18(23)26-17-9-15(6-7-16(13)17)25-12(3)19(24)21-14-10-20-22(5-2)11-14/h6-12H,4-5H2,1-3H3,(H,21,24). The van der Waals surface area contributed by atoms with Gasteiger partial charge in [-0.3, -0.25) is 9.48 Å². The molecule has 1 atom stereocenters. The Bertz CT molecular complexity index is 990. The van der Waals surface area contributed by atoms with Crippen LogP contribution in [0.2, 0.25) is 0 Å². The molecule has 0 aliphatic carbocycles. The number of amides is 1. The van der Waals surface area contributed by atoms with E-state index in [-0.39, 0.29) is 5.91 Å². The summed E-state index contributed by atoms with van der Waals surface area (Å²) in [6, 6.07) is 6.73. The quantitative estimate of drug-likeness (QED) is 0.687. The number of carbonyl (C=O) groups is 1. The average Bonchev–Trinajstić information content (AvgIpc) is 3.08. The van der Waals surface area contributed by atoms with E-state index in [2.05, 4.69) is 10.4 Å². The van der Waals surface area contributed by atoms with E-state index in [1.807, 2.05) is 19.9 Å². The lowest BCUT2D eigenvalue weighted by Gasteiger charge is -2.14. The zero-order valence-electron chi connectivity index (χ0n) is 15.0. The Morgan fingerprint density at radius 3 is 2.85 bits per heavy atom. The van der Waals surface area contributed by atoms with Gasteiger partial charge in [0.15, 0.2) is 6.10 Å². The van der Waals surface area contributed by atoms with Crippen LogP contribution in [-0.2, 0) is 17.8 Å². The molecule has 7 heteroatoms. The number of benzene rings is 1. The van der Waals surface area contributed by atoms with Gasteiger partial charge in [0.25, 0.3) is 5.91 Å². The predicted octanol–water partition coefficient (Wildman–Crippen LogP) is 2.98. The zero-order valence-corrected chi connectivity index (χ0v) is 15.0. The van der Waals surface area contributed by atoms with Crippen molar-refractivity contribution in [2.45, 2.75) is 39.8 Å². The first-order chi connectivity index (χ1) is 12.5. The fourth-order valence-corrected chi connectivity index (χ4v) is 2.68. The first kappa shape index (κ1) is 17.7. The molecule has 1 N–H and O–H groups in total. The molecule has 2 heterocycles. The topological polar surface area (TPSA) is 86.4 Å². The van der Waals surface area contributed by atoms with Crippen LogP contribution in [0.5, 0.6) is 5.75 Å². The van der Waals surface area contributed by atoms with Gasteiger partial charge in [-0.1, -0.05) is 6.92 Å². The number of anilines is 1. The Morgan fingerprint density at radius 2 is 2.15 bits per heavy atom. The van der Waals surface area contributed by atoms with Crippen LogP contribution in [0.1, 0.15) is 26.3 Å². The van der Waals surface area contributed by atoms with Gasteiger partial charge in [0.2, 0.25) is 0 Å². The van der Waals surface area contributed by atoms with Crippen LogP contribution >= 0.6 is 0 Å². The summed E-state index contributed by atoms with van der Waals surface area (Å²) in [5, 5.41) is 7.73. The minimum absolute atomic E-state index is 0.287. The van der Waals surface area contributed by atoms with E-state index in [1.165, 1.54) is 6.07 Å². The van der Waals surface area contributed by atoms with E-state index in [1.54, 1.807) is 36.1 Å². The maximum Gasteiger partial charge on any atom is 0.336 e. The summed E-state index contributed by atoms with van der Waals surface area (Å²) in [7, 11) is 0. The SMILES string of the molecule is CCc1cc(=O)oc2cc(OC(C)C(=O)Nc3cnn(CC)c3)ccc12. The van der Waals surface area contributed by atoms with E-state index in [0.717, 1.165) is 23.9 Å². The first-order valence-corrected chi connectivity index (χ1v) is 8.57. The second-order valence-electron chi connectivity index (χ2n) is 5.94. The molecule has 3 rings (SSSR count). The monoisotopic (exact) mass is 355 g/mol. The van der Waals surface area contributed by atoms with Crippen LogP contribution in [0, 0.1) is 0 Å². The molecule has 0 aliphatic heterocycles. The maximum atomic E-state index is 12.3. The third-order valence-electron chi connectivity index (χ3n) is 4.09. The second-order valence-corrected chi connectivity index (χ2v) is 5.94. The van der Waals surface area contributed by atoms with Crippen LogP contribution in [0.4, 0.5) is 5.69 Å². The van der Waals surface area contributed by atoms with Crippen LogP contribution < -0.4 is 15.7 Å². The van der Waals surface area contributed by atoms with Gasteiger partial charge in [-0.05, 0) is 38.0 Å². The third-order valence-corrected chi connectivity index (χ3v) is 4.09. The van der Waals surface area contributed by atoms with Crippen LogP contribution in [0.15, 0.2) is 45.9 Å². The van der Waals surface area contributed by atoms with Crippen molar-refractivity contribution in [3.63, 3.8) is 0 Å². The van der Waals surface area contributed by atoms with Gasteiger partial charge in [-0.25, -0.2) is 4.79 Å². The molecule has 1 amide bonds. The largest absolute Gasteiger partial charge is 0.481 e. The highest BCUT2D eigenvalue weighted by atomic mass is 16.5. The van der Waals surface area contributed by atoms with Crippen molar-refractivity contribution in [3.8, 4) is 5.75 Å². The van der Waals surface area contributed by atoms with Gasteiger partial charge in [0, 0.05) is 30.3 Å². The molecule has 26 heavy (non-hydrogen) atoms. The predicted molar refractivity (Wildman–Crippen MR) is 98.5 cm³/mol. The highest BCUT2D eigenvalue weighted by Crippen LogP contribution is 2.24. The summed E-state index contributed by atoms with van der Waals surface area (Å²) >= 11 is 0. The molecule has 0 radical (unpaired) electrons. The highest BCUT2D eigenvalue weighted by molar-refractivity contribution is 5.94. The number of nitrogens with zero attached hydrogens (tertiary/aromatic N) is 2. The van der Waals surface area contributed by atoms with E-state index in [0.29, 0.717) is 17.0 Å². The van der Waals surface area contributed by atoms with Crippen molar-refractivity contribution in [2.24, 2.45) is 0 Å². The molecule has 1 aromatic carbocycles. The fourth-order valence-electron chi connectivity index (χ4n) is 2.68. The fraction of sp³-hybridized carbons (Fsp3) is 0.316. The second kappa shape index (κ2) is 7.43. The highest BCUT2D eigenvalue weighted by Gasteiger charge is 2.16. The van der Waals surface area contributed by atoms with E-state index >= 15 is 0 Å². The zero-order chi connectivity index (χ0) is 18.7. The molecule has 0 spiro atoms. The lowest BCUT2D eigenvalue weighted by Crippen LogP contribution is -2.30. The molecule has 0 bridgehead atoms. The Balaban J connectivity index is 1.75. The molecule has 0 saturated carbocycles. The third kappa shape index (κ3) is 3.77. The van der Waals surface area contributed by atoms with E-state index in [9.17, 15) is 9.59 Å². The first-order valence-electron chi connectivity index (χ1n) is 8.57. The van der Waals surface area contributed by atoms with Gasteiger partial charge < -0.3 is 14.5 Å². The molecule has 1 unspecified atom stereocenters. The van der Waals surface area contributed by atoms with Crippen molar-refractivity contribution in [3.05, 3.63) is 52.6 Å². The number of aryl methyl sites for hydroxylation is 2. The van der Waals surface area contributed by atoms with Crippen LogP contribution in [-0.4, -0.2) is 21.8 Å². The molecule has 2 aromatic heterocycles. The van der Waals surface area contributed by atoms with Crippen molar-refractivity contribution in [1.82, 2.24) is 9.78 Å². The lowest BCUT2D eigenvalue weighted by molar-refractivity contribution is -0.122. The van der Waals surface area contributed by atoms with Crippen molar-refractivity contribution < 1.29 is 13.9 Å². The summed E-state index contributed by atoms with van der Waals surface area (Å²) in [4.78, 5) is 23.9. The Morgan fingerprint density at radius 1 is 1.35 bits per heavy atom. The Labute approximate surface area is 150 Å². The van der Waals surface area contributed by atoms with Crippen LogP contribution in [0.3, 0.4) is 0 Å². The number of hydrogen-bond donors (Lipinski definition) is 1. The number of carbonyl (C=O) groups excluding carboxylic acids is 1. The summed E-state index contributed by atoms with van der Waals surface area (Å²) < 4.78 is 12.7. The minimum Gasteiger partial charge on any atom is -0.481 e. The number of aromatic nitrogens is 2. The summed E-state index contributed by atoms with van der Waals surface area (Å²) in [5.74, 6) is 0.172. The van der Waals surface area contributed by atoms with Gasteiger partial charge in [-0.15, -0.1) is 0 Å². The average molecular weight is 355 g/mol. The smallest absolute Gasteiger partial charge is 0.336 e. The van der Waals surface area contributed by atoms with E-state index in [4.69, 9.17) is 9.15 Å². The lowest BCUT2D eigenvalue weighted by atomic mass is 10.1. The number of ether oxygens (including phenoxy) is 1. The van der Waals surface area contributed by atoms with Crippen molar-refractivity contribution in [1.29, 1.82) is 0 Å². The van der Waals surface area contributed by atoms with Gasteiger partial charge in [-0.2, -0.15) is 5.10 Å². The maximum absolute atomic E-state index is 12.3. The summed E-state index contributed by atoms with van der Waals surface area (Å²) in [5.41, 5.74) is 1.58. The summed E-state index contributed by atoms with van der Waals surface area (Å²) in [6.45, 7) is 6.32. The number of nitrogens with one attached hydrogen (secondary N) is 1. The normalized spacial score (nSPS) is 12.1. The Hall–Kier alpha value is -3.09. The molecule has 0 aliphatic rings.